The zero-order valence-corrected chi connectivity index (χ0v) is 11.8. The van der Waals surface area contributed by atoms with Gasteiger partial charge in [-0.05, 0) is 25.0 Å². The summed E-state index contributed by atoms with van der Waals surface area (Å²) >= 11 is 12.1. The molecule has 0 saturated carbocycles. The predicted molar refractivity (Wildman–Crippen MR) is 77.0 cm³/mol. The first-order valence-electron chi connectivity index (χ1n) is 6.29. The second-order valence-electron chi connectivity index (χ2n) is 4.76. The molecule has 0 unspecified atom stereocenters. The highest BCUT2D eigenvalue weighted by Gasteiger charge is 2.24. The zero-order valence-electron chi connectivity index (χ0n) is 10.3. The first-order chi connectivity index (χ1) is 9.24. The minimum atomic E-state index is 0.449. The maximum absolute atomic E-state index is 6.23. The summed E-state index contributed by atoms with van der Waals surface area (Å²) in [5.74, 6) is 1.26. The Morgan fingerprint density at radius 3 is 3.00 bits per heavy atom. The van der Waals surface area contributed by atoms with Crippen LogP contribution in [0.3, 0.4) is 0 Å². The van der Waals surface area contributed by atoms with E-state index in [0.29, 0.717) is 16.0 Å². The van der Waals surface area contributed by atoms with E-state index in [-0.39, 0.29) is 0 Å². The Morgan fingerprint density at radius 1 is 1.37 bits per heavy atom. The molecule has 6 heteroatoms. The largest absolute Gasteiger partial charge is 0.355 e. The summed E-state index contributed by atoms with van der Waals surface area (Å²) in [4.78, 5) is 6.57. The number of anilines is 1. The van der Waals surface area contributed by atoms with Crippen molar-refractivity contribution in [3.8, 4) is 0 Å². The van der Waals surface area contributed by atoms with E-state index in [1.54, 1.807) is 18.5 Å². The number of aromatic amines is 1. The smallest absolute Gasteiger partial charge is 0.147 e. The highest BCUT2D eigenvalue weighted by molar-refractivity contribution is 6.36. The molecule has 1 fully saturated rings. The van der Waals surface area contributed by atoms with Gasteiger partial charge in [0.2, 0.25) is 0 Å². The van der Waals surface area contributed by atoms with Crippen LogP contribution in [0.25, 0.3) is 0 Å². The Morgan fingerprint density at radius 2 is 2.26 bits per heavy atom. The van der Waals surface area contributed by atoms with Crippen LogP contribution < -0.4 is 4.90 Å². The normalized spacial score (nSPS) is 19.7. The van der Waals surface area contributed by atoms with Gasteiger partial charge in [0.25, 0.3) is 0 Å². The van der Waals surface area contributed by atoms with Crippen LogP contribution in [0.5, 0.6) is 0 Å². The minimum Gasteiger partial charge on any atom is -0.355 e. The van der Waals surface area contributed by atoms with E-state index in [2.05, 4.69) is 20.1 Å². The lowest BCUT2D eigenvalue weighted by molar-refractivity contribution is 0.498. The molecule has 0 amide bonds. The average molecular weight is 297 g/mol. The Bertz CT molecular complexity index is 556. The number of nitrogens with one attached hydrogen (secondary N) is 1. The second kappa shape index (κ2) is 5.39. The van der Waals surface area contributed by atoms with Crippen molar-refractivity contribution >= 4 is 29.0 Å². The summed E-state index contributed by atoms with van der Waals surface area (Å²) in [7, 11) is 0. The van der Waals surface area contributed by atoms with Gasteiger partial charge in [0.1, 0.15) is 5.82 Å². The van der Waals surface area contributed by atoms with E-state index in [0.717, 1.165) is 31.7 Å². The summed E-state index contributed by atoms with van der Waals surface area (Å²) < 4.78 is 0. The van der Waals surface area contributed by atoms with Gasteiger partial charge in [-0.25, -0.2) is 4.98 Å². The van der Waals surface area contributed by atoms with Gasteiger partial charge in [0.15, 0.2) is 0 Å². The number of pyridine rings is 1. The highest BCUT2D eigenvalue weighted by atomic mass is 35.5. The number of H-pyrrole nitrogens is 1. The van der Waals surface area contributed by atoms with Crippen LogP contribution in [0.4, 0.5) is 5.82 Å². The van der Waals surface area contributed by atoms with Crippen LogP contribution in [0.15, 0.2) is 24.5 Å². The topological polar surface area (TPSA) is 44.8 Å². The van der Waals surface area contributed by atoms with Gasteiger partial charge in [-0.1, -0.05) is 23.2 Å². The second-order valence-corrected chi connectivity index (χ2v) is 5.60. The van der Waals surface area contributed by atoms with Crippen molar-refractivity contribution in [2.75, 3.05) is 18.0 Å². The van der Waals surface area contributed by atoms with E-state index < -0.39 is 0 Å². The van der Waals surface area contributed by atoms with Crippen LogP contribution >= 0.6 is 23.2 Å². The molecule has 2 aromatic heterocycles. The molecule has 1 aliphatic heterocycles. The Labute approximate surface area is 121 Å². The first-order valence-corrected chi connectivity index (χ1v) is 7.05. The molecule has 1 aliphatic rings. The Balaban J connectivity index is 1.81. The number of halogens is 2. The fourth-order valence-electron chi connectivity index (χ4n) is 2.56. The lowest BCUT2D eigenvalue weighted by Gasteiger charge is -2.33. The van der Waals surface area contributed by atoms with Gasteiger partial charge in [-0.15, -0.1) is 0 Å². The summed E-state index contributed by atoms with van der Waals surface area (Å²) in [6.45, 7) is 1.87. The average Bonchev–Trinajstić information content (AvgIpc) is 2.93. The molecule has 0 bridgehead atoms. The van der Waals surface area contributed by atoms with Gasteiger partial charge in [-0.3, -0.25) is 5.10 Å². The van der Waals surface area contributed by atoms with E-state index >= 15 is 0 Å². The van der Waals surface area contributed by atoms with Gasteiger partial charge in [0.05, 0.1) is 10.0 Å². The fourth-order valence-corrected chi connectivity index (χ4v) is 3.06. The molecule has 0 spiro atoms. The van der Waals surface area contributed by atoms with Crippen LogP contribution in [-0.2, 0) is 0 Å². The van der Waals surface area contributed by atoms with E-state index in [4.69, 9.17) is 23.2 Å². The third kappa shape index (κ3) is 2.69. The summed E-state index contributed by atoms with van der Waals surface area (Å²) in [5.41, 5.74) is 1.18. The number of hydrogen-bond donors (Lipinski definition) is 1. The summed E-state index contributed by atoms with van der Waals surface area (Å²) in [6, 6.07) is 3.77. The Hall–Kier alpha value is -1.26. The summed E-state index contributed by atoms with van der Waals surface area (Å²) in [5, 5.41) is 8.25. The maximum atomic E-state index is 6.23. The van der Waals surface area contributed by atoms with Gasteiger partial charge in [0, 0.05) is 37.1 Å². The first kappa shape index (κ1) is 12.8. The van der Waals surface area contributed by atoms with Crippen LogP contribution in [0, 0.1) is 0 Å². The fraction of sp³-hybridized carbons (Fsp3) is 0.385. The van der Waals surface area contributed by atoms with Gasteiger partial charge >= 0.3 is 0 Å². The number of piperidine rings is 1. The quantitative estimate of drug-likeness (QED) is 0.922. The van der Waals surface area contributed by atoms with Crippen molar-refractivity contribution in [1.82, 2.24) is 15.2 Å². The number of nitrogens with zero attached hydrogens (tertiary/aromatic N) is 3. The van der Waals surface area contributed by atoms with Crippen molar-refractivity contribution < 1.29 is 0 Å². The molecule has 3 heterocycles. The molecular weight excluding hydrogens is 283 g/mol. The van der Waals surface area contributed by atoms with Crippen LogP contribution in [-0.4, -0.2) is 28.3 Å². The molecule has 2 aromatic rings. The van der Waals surface area contributed by atoms with Gasteiger partial charge < -0.3 is 4.90 Å². The molecule has 100 valence electrons. The van der Waals surface area contributed by atoms with Crippen LogP contribution in [0.2, 0.25) is 10.0 Å². The number of hydrogen-bond acceptors (Lipinski definition) is 3. The van der Waals surface area contributed by atoms with Crippen molar-refractivity contribution in [2.45, 2.75) is 18.8 Å². The van der Waals surface area contributed by atoms with Crippen molar-refractivity contribution in [1.29, 1.82) is 0 Å². The zero-order chi connectivity index (χ0) is 13.2. The molecule has 1 N–H and O–H groups in total. The predicted octanol–water partition coefficient (Wildman–Crippen LogP) is 3.50. The van der Waals surface area contributed by atoms with Crippen LogP contribution in [0.1, 0.15) is 24.5 Å². The number of rotatable bonds is 2. The van der Waals surface area contributed by atoms with E-state index in [1.807, 2.05) is 6.07 Å². The lowest BCUT2D eigenvalue weighted by Crippen LogP contribution is -2.35. The standard InChI is InChI=1S/C13H14Cl2N4/c14-10-6-11(15)13(16-7-10)19-5-1-2-9(8-19)12-3-4-17-18-12/h3-4,6-7,9H,1-2,5,8H2,(H,17,18)/t9-/m0/s1. The van der Waals surface area contributed by atoms with E-state index in [1.165, 1.54) is 5.69 Å². The maximum Gasteiger partial charge on any atom is 0.147 e. The molecule has 1 saturated heterocycles. The third-order valence-electron chi connectivity index (χ3n) is 3.47. The van der Waals surface area contributed by atoms with Crippen molar-refractivity contribution in [2.24, 2.45) is 0 Å². The molecular formula is C13H14Cl2N4. The molecule has 19 heavy (non-hydrogen) atoms. The Kier molecular flexibility index (Phi) is 3.62. The molecule has 1 atom stereocenters. The van der Waals surface area contributed by atoms with Crippen molar-refractivity contribution in [3.05, 3.63) is 40.3 Å². The van der Waals surface area contributed by atoms with E-state index in [9.17, 15) is 0 Å². The molecule has 0 aliphatic carbocycles. The minimum absolute atomic E-state index is 0.449. The molecule has 0 radical (unpaired) electrons. The summed E-state index contributed by atoms with van der Waals surface area (Å²) in [6.07, 6.45) is 5.71. The van der Waals surface area contributed by atoms with Gasteiger partial charge in [-0.2, -0.15) is 5.10 Å². The highest BCUT2D eigenvalue weighted by Crippen LogP contribution is 2.32. The van der Waals surface area contributed by atoms with Crippen molar-refractivity contribution in [3.63, 3.8) is 0 Å². The molecule has 4 nitrogen and oxygen atoms in total. The monoisotopic (exact) mass is 296 g/mol. The molecule has 3 rings (SSSR count). The number of aromatic nitrogens is 3. The third-order valence-corrected chi connectivity index (χ3v) is 3.96. The SMILES string of the molecule is Clc1cnc(N2CCC[C@H](c3ccn[nH]3)C2)c(Cl)c1. The lowest BCUT2D eigenvalue weighted by atomic mass is 9.95. The molecule has 0 aromatic carbocycles.